The maximum Gasteiger partial charge on any atom is 0.239 e. The van der Waals surface area contributed by atoms with E-state index in [2.05, 4.69) is 37.1 Å². The third kappa shape index (κ3) is 3.27. The number of nitrogens with zero attached hydrogens (tertiary/aromatic N) is 1. The van der Waals surface area contributed by atoms with Crippen LogP contribution in [0.4, 0.5) is 0 Å². The molecule has 1 aromatic rings. The van der Waals surface area contributed by atoms with Crippen molar-refractivity contribution in [1.82, 2.24) is 21.2 Å². The molecule has 1 amide bonds. The number of amides is 1. The summed E-state index contributed by atoms with van der Waals surface area (Å²) in [5.41, 5.74) is 7.33. The van der Waals surface area contributed by atoms with Crippen molar-refractivity contribution >= 4 is 21.8 Å². The highest BCUT2D eigenvalue weighted by Gasteiger charge is 2.43. The molecule has 2 aliphatic rings. The van der Waals surface area contributed by atoms with E-state index in [4.69, 9.17) is 0 Å². The summed E-state index contributed by atoms with van der Waals surface area (Å²) in [5.74, 6) is 0.397. The first kappa shape index (κ1) is 14.9. The van der Waals surface area contributed by atoms with E-state index in [9.17, 15) is 4.79 Å². The summed E-state index contributed by atoms with van der Waals surface area (Å²) in [4.78, 5) is 17.3. The third-order valence-corrected chi connectivity index (χ3v) is 5.29. The Kier molecular flexibility index (Phi) is 4.57. The normalized spacial score (nSPS) is 33.2. The molecule has 1 aliphatic carbocycles. The zero-order valence-corrected chi connectivity index (χ0v) is 13.6. The summed E-state index contributed by atoms with van der Waals surface area (Å²) in [6.45, 7) is 1.97. The number of rotatable bonds is 3. The van der Waals surface area contributed by atoms with Gasteiger partial charge in [0.1, 0.15) is 6.04 Å². The molecule has 3 rings (SSSR count). The highest BCUT2D eigenvalue weighted by atomic mass is 79.9. The van der Waals surface area contributed by atoms with Crippen LogP contribution < -0.4 is 16.2 Å². The van der Waals surface area contributed by atoms with Gasteiger partial charge in [-0.25, -0.2) is 5.43 Å². The second kappa shape index (κ2) is 6.42. The number of halogens is 1. The lowest BCUT2D eigenvalue weighted by molar-refractivity contribution is -0.124. The molecule has 114 valence electrons. The van der Waals surface area contributed by atoms with E-state index in [0.29, 0.717) is 16.8 Å². The summed E-state index contributed by atoms with van der Waals surface area (Å²) in [7, 11) is 0. The van der Waals surface area contributed by atoms with Gasteiger partial charge in [-0.2, -0.15) is 0 Å². The van der Waals surface area contributed by atoms with E-state index in [-0.39, 0.29) is 18.0 Å². The number of hydrogen-bond acceptors (Lipinski definition) is 4. The second-order valence-electron chi connectivity index (χ2n) is 5.93. The minimum Gasteiger partial charge on any atom is -0.347 e. The van der Waals surface area contributed by atoms with Crippen LogP contribution in [0.15, 0.2) is 24.4 Å². The van der Waals surface area contributed by atoms with Crippen LogP contribution in [0.1, 0.15) is 37.9 Å². The van der Waals surface area contributed by atoms with Gasteiger partial charge in [0.05, 0.1) is 11.7 Å². The lowest BCUT2D eigenvalue weighted by Crippen LogP contribution is -2.47. The molecule has 1 aromatic heterocycles. The molecule has 5 nitrogen and oxygen atoms in total. The Balaban J connectivity index is 1.63. The molecule has 3 N–H and O–H groups in total. The second-order valence-corrected chi connectivity index (χ2v) is 7.23. The third-order valence-electron chi connectivity index (χ3n) is 4.46. The number of aromatic nitrogens is 1. The molecule has 1 saturated carbocycles. The molecule has 6 heteroatoms. The van der Waals surface area contributed by atoms with Crippen molar-refractivity contribution in [2.45, 2.75) is 49.1 Å². The van der Waals surface area contributed by atoms with Crippen LogP contribution in [0.25, 0.3) is 0 Å². The highest BCUT2D eigenvalue weighted by molar-refractivity contribution is 9.09. The zero-order valence-electron chi connectivity index (χ0n) is 12.1. The average Bonchev–Trinajstić information content (AvgIpc) is 2.91. The minimum absolute atomic E-state index is 0.0507. The van der Waals surface area contributed by atoms with E-state index in [1.54, 1.807) is 6.20 Å². The van der Waals surface area contributed by atoms with Crippen molar-refractivity contribution in [3.05, 3.63) is 30.1 Å². The van der Waals surface area contributed by atoms with Crippen LogP contribution in [0.2, 0.25) is 0 Å². The molecule has 1 aliphatic heterocycles. The van der Waals surface area contributed by atoms with Crippen LogP contribution in [0, 0.1) is 5.92 Å². The maximum atomic E-state index is 12.5. The van der Waals surface area contributed by atoms with Gasteiger partial charge >= 0.3 is 0 Å². The summed E-state index contributed by atoms with van der Waals surface area (Å²) in [6.07, 6.45) is 5.04. The average molecular weight is 353 g/mol. The van der Waals surface area contributed by atoms with E-state index in [1.807, 2.05) is 25.1 Å². The number of fused-ring (bicyclic) bond motifs is 1. The molecule has 0 bridgehead atoms. The summed E-state index contributed by atoms with van der Waals surface area (Å²) in [6, 6.07) is 5.91. The monoisotopic (exact) mass is 352 g/mol. The van der Waals surface area contributed by atoms with E-state index < -0.39 is 0 Å². The molecule has 5 unspecified atom stereocenters. The lowest BCUT2D eigenvalue weighted by Gasteiger charge is -2.30. The molecule has 21 heavy (non-hydrogen) atoms. The Bertz CT molecular complexity index is 498. The van der Waals surface area contributed by atoms with Crippen molar-refractivity contribution in [1.29, 1.82) is 0 Å². The van der Waals surface area contributed by atoms with Crippen LogP contribution >= 0.6 is 15.9 Å². The molecule has 1 saturated heterocycles. The first-order chi connectivity index (χ1) is 10.1. The van der Waals surface area contributed by atoms with Crippen LogP contribution in [0.3, 0.4) is 0 Å². The van der Waals surface area contributed by atoms with Crippen molar-refractivity contribution in [3.63, 3.8) is 0 Å². The zero-order chi connectivity index (χ0) is 14.8. The standard InChI is InChI=1S/C15H21BrN4O/c1-9(12-4-2-3-7-17-12)18-15(21)14-11-8-10(16)5-6-13(11)19-20-14/h2-4,7,9-11,13-14,19-20H,5-6,8H2,1H3,(H,18,21). The van der Waals surface area contributed by atoms with E-state index in [1.165, 1.54) is 0 Å². The van der Waals surface area contributed by atoms with Gasteiger partial charge in [-0.15, -0.1) is 0 Å². The van der Waals surface area contributed by atoms with Crippen LogP contribution in [0.5, 0.6) is 0 Å². The van der Waals surface area contributed by atoms with E-state index in [0.717, 1.165) is 25.0 Å². The first-order valence-electron chi connectivity index (χ1n) is 7.51. The predicted octanol–water partition coefficient (Wildman–Crippen LogP) is 1.67. The van der Waals surface area contributed by atoms with Crippen molar-refractivity contribution in [2.75, 3.05) is 0 Å². The summed E-state index contributed by atoms with van der Waals surface area (Å²) in [5, 5.41) is 3.07. The van der Waals surface area contributed by atoms with Gasteiger partial charge < -0.3 is 5.32 Å². The first-order valence-corrected chi connectivity index (χ1v) is 8.43. The van der Waals surface area contributed by atoms with Gasteiger partial charge in [0.15, 0.2) is 0 Å². The Morgan fingerprint density at radius 1 is 1.43 bits per heavy atom. The maximum absolute atomic E-state index is 12.5. The van der Waals surface area contributed by atoms with Crippen LogP contribution in [-0.2, 0) is 4.79 Å². The van der Waals surface area contributed by atoms with Crippen LogP contribution in [-0.4, -0.2) is 27.8 Å². The van der Waals surface area contributed by atoms with Gasteiger partial charge in [-0.1, -0.05) is 22.0 Å². The quantitative estimate of drug-likeness (QED) is 0.724. The molecule has 5 atom stereocenters. The molecule has 0 spiro atoms. The van der Waals surface area contributed by atoms with Gasteiger partial charge in [0.25, 0.3) is 0 Å². The van der Waals surface area contributed by atoms with Gasteiger partial charge in [-0.3, -0.25) is 15.2 Å². The number of pyridine rings is 1. The number of carbonyl (C=O) groups is 1. The Morgan fingerprint density at radius 3 is 3.05 bits per heavy atom. The minimum atomic E-state index is -0.165. The Hall–Kier alpha value is -0.980. The van der Waals surface area contributed by atoms with Gasteiger partial charge in [0, 0.05) is 23.0 Å². The number of nitrogens with one attached hydrogen (secondary N) is 3. The van der Waals surface area contributed by atoms with Crippen molar-refractivity contribution in [3.8, 4) is 0 Å². The Morgan fingerprint density at radius 2 is 2.29 bits per heavy atom. The van der Waals surface area contributed by atoms with Crippen molar-refractivity contribution < 1.29 is 4.79 Å². The molecular weight excluding hydrogens is 332 g/mol. The van der Waals surface area contributed by atoms with Gasteiger partial charge in [-0.05, 0) is 38.3 Å². The molecule has 2 heterocycles. The predicted molar refractivity (Wildman–Crippen MR) is 84.7 cm³/mol. The lowest BCUT2D eigenvalue weighted by atomic mass is 9.81. The number of alkyl halides is 1. The molecule has 0 radical (unpaired) electrons. The fraction of sp³-hybridized carbons (Fsp3) is 0.600. The van der Waals surface area contributed by atoms with Crippen molar-refractivity contribution in [2.24, 2.45) is 5.92 Å². The highest BCUT2D eigenvalue weighted by Crippen LogP contribution is 2.34. The Labute approximate surface area is 133 Å². The fourth-order valence-electron chi connectivity index (χ4n) is 3.27. The molecule has 0 aromatic carbocycles. The summed E-state index contributed by atoms with van der Waals surface area (Å²) >= 11 is 3.69. The summed E-state index contributed by atoms with van der Waals surface area (Å²) < 4.78 is 0. The fourth-order valence-corrected chi connectivity index (χ4v) is 3.97. The smallest absolute Gasteiger partial charge is 0.239 e. The SMILES string of the molecule is CC(NC(=O)C1NNC2CCC(Br)CC21)c1ccccn1. The van der Waals surface area contributed by atoms with Gasteiger partial charge in [0.2, 0.25) is 5.91 Å². The number of carbonyl (C=O) groups excluding carboxylic acids is 1. The molecule has 2 fully saturated rings. The number of hydrazine groups is 1. The van der Waals surface area contributed by atoms with E-state index >= 15 is 0 Å². The molecular formula is C15H21BrN4O. The topological polar surface area (TPSA) is 66.1 Å². The number of hydrogen-bond donors (Lipinski definition) is 3. The largest absolute Gasteiger partial charge is 0.347 e.